The Labute approximate surface area is 201 Å². The second kappa shape index (κ2) is 10.7. The van der Waals surface area contributed by atoms with Crippen molar-refractivity contribution < 1.29 is 28.2 Å². The van der Waals surface area contributed by atoms with Crippen molar-refractivity contribution in [2.24, 2.45) is 0 Å². The monoisotopic (exact) mass is 478 g/mol. The van der Waals surface area contributed by atoms with Crippen molar-refractivity contribution in [1.82, 2.24) is 9.55 Å². The number of ether oxygens (including phenoxy) is 3. The molecule has 0 unspecified atom stereocenters. The van der Waals surface area contributed by atoms with E-state index in [0.29, 0.717) is 36.4 Å². The number of aromatic nitrogens is 2. The first-order valence-corrected chi connectivity index (χ1v) is 10.9. The van der Waals surface area contributed by atoms with Crippen LogP contribution in [0, 0.1) is 0 Å². The van der Waals surface area contributed by atoms with Gasteiger partial charge in [0.25, 0.3) is 5.91 Å². The number of esters is 1. The summed E-state index contributed by atoms with van der Waals surface area (Å²) in [7, 11) is 4.47. The molecule has 0 atom stereocenters. The van der Waals surface area contributed by atoms with Crippen LogP contribution in [-0.2, 0) is 22.6 Å². The molecular weight excluding hydrogens is 452 g/mol. The van der Waals surface area contributed by atoms with Crippen molar-refractivity contribution >= 4 is 34.3 Å². The number of hydrogen-bond acceptors (Lipinski definition) is 8. The van der Waals surface area contributed by atoms with Crippen LogP contribution in [0.3, 0.4) is 0 Å². The minimum Gasteiger partial charge on any atom is -0.497 e. The average molecular weight is 479 g/mol. The molecule has 3 heterocycles. The van der Waals surface area contributed by atoms with Crippen LogP contribution in [0.15, 0.2) is 59.3 Å². The normalized spacial score (nSPS) is 10.8. The summed E-state index contributed by atoms with van der Waals surface area (Å²) in [5, 5.41) is 6.70. The number of nitrogens with zero attached hydrogens (tertiary/aromatic N) is 2. The van der Waals surface area contributed by atoms with Crippen LogP contribution >= 0.6 is 0 Å². The van der Waals surface area contributed by atoms with E-state index in [1.165, 1.54) is 19.4 Å². The van der Waals surface area contributed by atoms with Gasteiger partial charge in [-0.05, 0) is 35.9 Å². The van der Waals surface area contributed by atoms with Gasteiger partial charge in [-0.25, -0.2) is 9.78 Å². The van der Waals surface area contributed by atoms with E-state index in [2.05, 4.69) is 15.6 Å². The van der Waals surface area contributed by atoms with E-state index in [4.69, 9.17) is 18.6 Å². The summed E-state index contributed by atoms with van der Waals surface area (Å²) in [6.45, 7) is 1.18. The fraction of sp³-hybridized carbons (Fsp3) is 0.240. The van der Waals surface area contributed by atoms with Crippen LogP contribution in [0.1, 0.15) is 26.6 Å². The summed E-state index contributed by atoms with van der Waals surface area (Å²) in [6, 6.07) is 12.7. The number of carbonyl (C=O) groups is 2. The van der Waals surface area contributed by atoms with E-state index < -0.39 is 11.9 Å². The van der Waals surface area contributed by atoms with Gasteiger partial charge in [0.05, 0.1) is 44.7 Å². The molecule has 182 valence electrons. The van der Waals surface area contributed by atoms with Crippen molar-refractivity contribution in [1.29, 1.82) is 0 Å². The fourth-order valence-corrected chi connectivity index (χ4v) is 3.73. The molecule has 3 aromatic heterocycles. The first kappa shape index (κ1) is 23.8. The summed E-state index contributed by atoms with van der Waals surface area (Å²) in [4.78, 5) is 30.2. The Morgan fingerprint density at radius 1 is 1.11 bits per heavy atom. The van der Waals surface area contributed by atoms with Crippen LogP contribution in [0.25, 0.3) is 11.0 Å². The zero-order valence-electron chi connectivity index (χ0n) is 19.7. The van der Waals surface area contributed by atoms with Gasteiger partial charge < -0.3 is 33.8 Å². The highest BCUT2D eigenvalue weighted by atomic mass is 16.5. The summed E-state index contributed by atoms with van der Waals surface area (Å²) in [5.41, 5.74) is 2.67. The molecule has 2 N–H and O–H groups in total. The second-order valence-corrected chi connectivity index (χ2v) is 7.59. The number of anilines is 2. The second-order valence-electron chi connectivity index (χ2n) is 7.59. The van der Waals surface area contributed by atoms with Gasteiger partial charge in [0.2, 0.25) is 0 Å². The molecule has 0 spiro atoms. The Balaban J connectivity index is 1.75. The third-order valence-corrected chi connectivity index (χ3v) is 5.41. The zero-order chi connectivity index (χ0) is 24.8. The Hall–Kier alpha value is -4.31. The lowest BCUT2D eigenvalue weighted by molar-refractivity contribution is 0.0588. The third kappa shape index (κ3) is 5.12. The van der Waals surface area contributed by atoms with E-state index in [9.17, 15) is 9.59 Å². The minimum atomic E-state index is -0.611. The van der Waals surface area contributed by atoms with Gasteiger partial charge in [0.15, 0.2) is 11.5 Å². The maximum Gasteiger partial charge on any atom is 0.356 e. The molecule has 0 saturated carbocycles. The molecule has 4 aromatic rings. The SMILES string of the molecule is COCCn1c(C(=O)OC)c(NC(=O)c2ccco2)c2cc(NCc3cccc(OC)c3)cnc21. The van der Waals surface area contributed by atoms with E-state index in [-0.39, 0.29) is 17.1 Å². The summed E-state index contributed by atoms with van der Waals surface area (Å²) in [5.74, 6) is -0.238. The molecule has 1 amide bonds. The van der Waals surface area contributed by atoms with Crippen molar-refractivity contribution in [2.75, 3.05) is 38.6 Å². The Kier molecular flexibility index (Phi) is 7.32. The van der Waals surface area contributed by atoms with Gasteiger partial charge in [-0.15, -0.1) is 0 Å². The highest BCUT2D eigenvalue weighted by Gasteiger charge is 2.27. The summed E-state index contributed by atoms with van der Waals surface area (Å²) in [6.07, 6.45) is 3.07. The fourth-order valence-electron chi connectivity index (χ4n) is 3.73. The lowest BCUT2D eigenvalue weighted by Gasteiger charge is -2.10. The van der Waals surface area contributed by atoms with Crippen molar-refractivity contribution in [3.05, 3.63) is 71.9 Å². The number of fused-ring (bicyclic) bond motifs is 1. The number of methoxy groups -OCH3 is 3. The van der Waals surface area contributed by atoms with E-state index in [1.807, 2.05) is 30.3 Å². The molecule has 4 rings (SSSR count). The molecule has 0 fully saturated rings. The smallest absolute Gasteiger partial charge is 0.356 e. The highest BCUT2D eigenvalue weighted by molar-refractivity contribution is 6.14. The maximum atomic E-state index is 12.8. The number of furan rings is 1. The molecule has 1 aromatic carbocycles. The maximum absolute atomic E-state index is 12.8. The van der Waals surface area contributed by atoms with Gasteiger partial charge in [0.1, 0.15) is 11.4 Å². The highest BCUT2D eigenvalue weighted by Crippen LogP contribution is 2.33. The number of carbonyl (C=O) groups excluding carboxylic acids is 2. The van der Waals surface area contributed by atoms with E-state index in [0.717, 1.165) is 11.3 Å². The molecule has 0 aliphatic rings. The predicted octanol–water partition coefficient (Wildman–Crippen LogP) is 3.94. The lowest BCUT2D eigenvalue weighted by atomic mass is 10.2. The summed E-state index contributed by atoms with van der Waals surface area (Å²) >= 11 is 0. The van der Waals surface area contributed by atoms with Crippen LogP contribution < -0.4 is 15.4 Å². The standard InChI is InChI=1S/C25H26N4O6/c1-32-11-9-29-22(25(31)34-3)21(28-24(30)20-8-5-10-35-20)19-13-17(15-27-23(19)29)26-14-16-6-4-7-18(12-16)33-2/h4-8,10,12-13,15,26H,9,11,14H2,1-3H3,(H,28,30). The van der Waals surface area contributed by atoms with Gasteiger partial charge in [-0.1, -0.05) is 12.1 Å². The third-order valence-electron chi connectivity index (χ3n) is 5.41. The Morgan fingerprint density at radius 2 is 1.97 bits per heavy atom. The quantitative estimate of drug-likeness (QED) is 0.329. The first-order valence-electron chi connectivity index (χ1n) is 10.9. The predicted molar refractivity (Wildman–Crippen MR) is 130 cm³/mol. The van der Waals surface area contributed by atoms with Crippen molar-refractivity contribution in [3.8, 4) is 5.75 Å². The molecule has 0 aliphatic carbocycles. The zero-order valence-corrected chi connectivity index (χ0v) is 19.7. The molecule has 35 heavy (non-hydrogen) atoms. The lowest BCUT2D eigenvalue weighted by Crippen LogP contribution is -2.18. The van der Waals surface area contributed by atoms with Gasteiger partial charge in [-0.3, -0.25) is 4.79 Å². The van der Waals surface area contributed by atoms with Crippen LogP contribution in [-0.4, -0.2) is 49.4 Å². The molecule has 0 bridgehead atoms. The molecule has 10 heteroatoms. The number of hydrogen-bond donors (Lipinski definition) is 2. The molecule has 0 saturated heterocycles. The molecule has 0 radical (unpaired) electrons. The largest absolute Gasteiger partial charge is 0.497 e. The van der Waals surface area contributed by atoms with Gasteiger partial charge in [0, 0.05) is 25.6 Å². The number of pyridine rings is 1. The van der Waals surface area contributed by atoms with Crippen molar-refractivity contribution in [3.63, 3.8) is 0 Å². The van der Waals surface area contributed by atoms with Gasteiger partial charge in [-0.2, -0.15) is 0 Å². The summed E-state index contributed by atoms with van der Waals surface area (Å²) < 4.78 is 22.4. The van der Waals surface area contributed by atoms with Crippen LogP contribution in [0.5, 0.6) is 5.75 Å². The molecule has 10 nitrogen and oxygen atoms in total. The molecule has 0 aliphatic heterocycles. The first-order chi connectivity index (χ1) is 17.0. The van der Waals surface area contributed by atoms with E-state index >= 15 is 0 Å². The average Bonchev–Trinajstić information content (AvgIpc) is 3.53. The minimum absolute atomic E-state index is 0.110. The number of amides is 1. The van der Waals surface area contributed by atoms with E-state index in [1.54, 1.807) is 31.0 Å². The number of benzene rings is 1. The Bertz CT molecular complexity index is 1330. The topological polar surface area (TPSA) is 117 Å². The van der Waals surface area contributed by atoms with Crippen LogP contribution in [0.2, 0.25) is 0 Å². The van der Waals surface area contributed by atoms with Crippen molar-refractivity contribution in [2.45, 2.75) is 13.1 Å². The van der Waals surface area contributed by atoms with Gasteiger partial charge >= 0.3 is 5.97 Å². The number of rotatable bonds is 10. The Morgan fingerprint density at radius 3 is 2.69 bits per heavy atom. The molecular formula is C25H26N4O6. The van der Waals surface area contributed by atoms with Crippen LogP contribution in [0.4, 0.5) is 11.4 Å². The number of nitrogens with one attached hydrogen (secondary N) is 2.